The molecule has 0 saturated heterocycles. The predicted octanol–water partition coefficient (Wildman–Crippen LogP) is 3.27. The number of fused-ring (bicyclic) bond motifs is 1. The molecule has 2 nitrogen and oxygen atoms in total. The van der Waals surface area contributed by atoms with Gasteiger partial charge in [-0.3, -0.25) is 4.98 Å². The Morgan fingerprint density at radius 3 is 2.73 bits per heavy atom. The normalized spacial score (nSPS) is 13.5. The van der Waals surface area contributed by atoms with Crippen LogP contribution in [0.5, 0.6) is 0 Å². The molecule has 76 valence electrons. The third kappa shape index (κ3) is 2.54. The molecule has 0 fully saturated rings. The van der Waals surface area contributed by atoms with E-state index in [-0.39, 0.29) is 5.38 Å². The first-order chi connectivity index (χ1) is 7.25. The third-order valence-corrected chi connectivity index (χ3v) is 2.14. The van der Waals surface area contributed by atoms with Crippen LogP contribution in [0.1, 0.15) is 12.6 Å². The van der Waals surface area contributed by atoms with Crippen molar-refractivity contribution in [2.24, 2.45) is 0 Å². The predicted molar refractivity (Wildman–Crippen MR) is 63.9 cm³/mol. The van der Waals surface area contributed by atoms with Crippen LogP contribution >= 0.6 is 11.6 Å². The second kappa shape index (κ2) is 4.41. The zero-order valence-electron chi connectivity index (χ0n) is 8.39. The summed E-state index contributed by atoms with van der Waals surface area (Å²) in [5.74, 6) is 0. The lowest BCUT2D eigenvalue weighted by Crippen LogP contribution is -1.88. The molecule has 0 aliphatic heterocycles. The van der Waals surface area contributed by atoms with Crippen molar-refractivity contribution in [3.63, 3.8) is 0 Å². The molecular weight excluding hydrogens is 208 g/mol. The summed E-state index contributed by atoms with van der Waals surface area (Å²) in [5, 5.41) is 0.0123. The van der Waals surface area contributed by atoms with E-state index in [1.54, 1.807) is 6.20 Å². The van der Waals surface area contributed by atoms with E-state index in [0.717, 1.165) is 16.7 Å². The lowest BCUT2D eigenvalue weighted by molar-refractivity contribution is 1.22. The third-order valence-electron chi connectivity index (χ3n) is 2.00. The number of hydrogen-bond acceptors (Lipinski definition) is 2. The second-order valence-electron chi connectivity index (χ2n) is 3.32. The number of hydrogen-bond donors (Lipinski definition) is 0. The molecule has 3 heteroatoms. The summed E-state index contributed by atoms with van der Waals surface area (Å²) in [6.45, 7) is 1.91. The van der Waals surface area contributed by atoms with Crippen molar-refractivity contribution < 1.29 is 0 Å². The van der Waals surface area contributed by atoms with Crippen LogP contribution < -0.4 is 0 Å². The standard InChI is InChI=1S/C12H11ClN2/c1-9(13)6-7-10-8-14-11-4-2-3-5-12(11)15-10/h2-9H,1H3/b7-6+. The summed E-state index contributed by atoms with van der Waals surface area (Å²) in [4.78, 5) is 8.74. The Morgan fingerprint density at radius 2 is 2.00 bits per heavy atom. The monoisotopic (exact) mass is 218 g/mol. The highest BCUT2D eigenvalue weighted by Gasteiger charge is 1.96. The van der Waals surface area contributed by atoms with Gasteiger partial charge in [-0.15, -0.1) is 11.6 Å². The second-order valence-corrected chi connectivity index (χ2v) is 4.01. The molecule has 2 aromatic rings. The van der Waals surface area contributed by atoms with Crippen LogP contribution in [0.2, 0.25) is 0 Å². The van der Waals surface area contributed by atoms with Crippen LogP contribution in [0.15, 0.2) is 36.5 Å². The average Bonchev–Trinajstić information content (AvgIpc) is 2.26. The number of alkyl halides is 1. The van der Waals surface area contributed by atoms with Crippen molar-refractivity contribution in [2.45, 2.75) is 12.3 Å². The summed E-state index contributed by atoms with van der Waals surface area (Å²) in [6, 6.07) is 7.80. The molecule has 15 heavy (non-hydrogen) atoms. The Hall–Kier alpha value is -1.41. The van der Waals surface area contributed by atoms with Gasteiger partial charge in [-0.1, -0.05) is 18.2 Å². The minimum Gasteiger partial charge on any atom is -0.252 e. The zero-order chi connectivity index (χ0) is 10.7. The maximum absolute atomic E-state index is 5.81. The summed E-state index contributed by atoms with van der Waals surface area (Å²) >= 11 is 5.81. The van der Waals surface area contributed by atoms with Crippen molar-refractivity contribution >= 4 is 28.7 Å². The van der Waals surface area contributed by atoms with E-state index < -0.39 is 0 Å². The number of rotatable bonds is 2. The number of benzene rings is 1. The fraction of sp³-hybridized carbons (Fsp3) is 0.167. The molecule has 0 radical (unpaired) electrons. The van der Waals surface area contributed by atoms with Gasteiger partial charge in [0.15, 0.2) is 0 Å². The highest BCUT2D eigenvalue weighted by Crippen LogP contribution is 2.09. The Morgan fingerprint density at radius 1 is 1.27 bits per heavy atom. The Balaban J connectivity index is 2.39. The smallest absolute Gasteiger partial charge is 0.0894 e. The highest BCUT2D eigenvalue weighted by atomic mass is 35.5. The molecule has 1 atom stereocenters. The van der Waals surface area contributed by atoms with Gasteiger partial charge in [0.1, 0.15) is 0 Å². The van der Waals surface area contributed by atoms with E-state index in [0.29, 0.717) is 0 Å². The lowest BCUT2D eigenvalue weighted by Gasteiger charge is -1.97. The molecule has 0 N–H and O–H groups in total. The summed E-state index contributed by atoms with van der Waals surface area (Å²) in [6.07, 6.45) is 5.52. The van der Waals surface area contributed by atoms with Gasteiger partial charge in [-0.2, -0.15) is 0 Å². The van der Waals surface area contributed by atoms with Gasteiger partial charge in [0.05, 0.1) is 22.9 Å². The molecule has 0 saturated carbocycles. The van der Waals surface area contributed by atoms with Crippen LogP contribution in [0, 0.1) is 0 Å². The number of nitrogens with zero attached hydrogens (tertiary/aromatic N) is 2. The van der Waals surface area contributed by atoms with Gasteiger partial charge in [0.25, 0.3) is 0 Å². The van der Waals surface area contributed by atoms with Crippen molar-refractivity contribution in [2.75, 3.05) is 0 Å². The molecule has 0 spiro atoms. The molecule has 2 rings (SSSR count). The first-order valence-electron chi connectivity index (χ1n) is 4.80. The van der Waals surface area contributed by atoms with Gasteiger partial charge < -0.3 is 0 Å². The molecule has 0 aliphatic rings. The van der Waals surface area contributed by atoms with Gasteiger partial charge in [-0.25, -0.2) is 4.98 Å². The minimum atomic E-state index is 0.0123. The Labute approximate surface area is 93.6 Å². The highest BCUT2D eigenvalue weighted by molar-refractivity contribution is 6.21. The van der Waals surface area contributed by atoms with E-state index in [2.05, 4.69) is 9.97 Å². The molecule has 0 aliphatic carbocycles. The van der Waals surface area contributed by atoms with Crippen LogP contribution in [0.25, 0.3) is 17.1 Å². The molecule has 0 amide bonds. The van der Waals surface area contributed by atoms with Crippen LogP contribution in [0.3, 0.4) is 0 Å². The van der Waals surface area contributed by atoms with Gasteiger partial charge in [-0.05, 0) is 25.1 Å². The van der Waals surface area contributed by atoms with Crippen molar-refractivity contribution in [1.82, 2.24) is 9.97 Å². The van der Waals surface area contributed by atoms with Gasteiger partial charge >= 0.3 is 0 Å². The topological polar surface area (TPSA) is 25.8 Å². The van der Waals surface area contributed by atoms with Crippen LogP contribution in [-0.2, 0) is 0 Å². The van der Waals surface area contributed by atoms with Gasteiger partial charge in [0.2, 0.25) is 0 Å². The number of aromatic nitrogens is 2. The summed E-state index contributed by atoms with van der Waals surface area (Å²) in [7, 11) is 0. The van der Waals surface area contributed by atoms with Gasteiger partial charge in [0, 0.05) is 5.38 Å². The number of para-hydroxylation sites is 2. The molecule has 1 unspecified atom stereocenters. The fourth-order valence-corrected chi connectivity index (χ4v) is 1.36. The van der Waals surface area contributed by atoms with E-state index in [1.165, 1.54) is 0 Å². The number of halogens is 1. The molecular formula is C12H11ClN2. The van der Waals surface area contributed by atoms with E-state index >= 15 is 0 Å². The van der Waals surface area contributed by atoms with E-state index in [9.17, 15) is 0 Å². The van der Waals surface area contributed by atoms with E-state index in [1.807, 2.05) is 43.3 Å². The quantitative estimate of drug-likeness (QED) is 0.723. The Kier molecular flexibility index (Phi) is 2.97. The van der Waals surface area contributed by atoms with Crippen LogP contribution in [0.4, 0.5) is 0 Å². The van der Waals surface area contributed by atoms with Crippen molar-refractivity contribution in [3.05, 3.63) is 42.2 Å². The first-order valence-corrected chi connectivity index (χ1v) is 5.23. The fourth-order valence-electron chi connectivity index (χ4n) is 1.28. The van der Waals surface area contributed by atoms with Crippen LogP contribution in [-0.4, -0.2) is 15.3 Å². The molecule has 1 heterocycles. The lowest BCUT2D eigenvalue weighted by atomic mass is 10.3. The maximum Gasteiger partial charge on any atom is 0.0894 e. The Bertz CT molecular complexity index is 492. The molecule has 1 aromatic heterocycles. The zero-order valence-corrected chi connectivity index (χ0v) is 9.15. The average molecular weight is 219 g/mol. The maximum atomic E-state index is 5.81. The number of allylic oxidation sites excluding steroid dienone is 1. The van der Waals surface area contributed by atoms with E-state index in [4.69, 9.17) is 11.6 Å². The van der Waals surface area contributed by atoms with Crippen molar-refractivity contribution in [1.29, 1.82) is 0 Å². The van der Waals surface area contributed by atoms with Crippen molar-refractivity contribution in [3.8, 4) is 0 Å². The SMILES string of the molecule is CC(Cl)/C=C/c1cnc2ccccc2n1. The largest absolute Gasteiger partial charge is 0.252 e. The molecule has 0 bridgehead atoms. The molecule has 1 aromatic carbocycles. The minimum absolute atomic E-state index is 0.0123. The summed E-state index contributed by atoms with van der Waals surface area (Å²) in [5.41, 5.74) is 2.65. The first kappa shape index (κ1) is 10.1. The summed E-state index contributed by atoms with van der Waals surface area (Å²) < 4.78 is 0.